The van der Waals surface area contributed by atoms with Crippen molar-refractivity contribution < 1.29 is 0 Å². The Bertz CT molecular complexity index is 596. The van der Waals surface area contributed by atoms with Gasteiger partial charge in [0.2, 0.25) is 0 Å². The third-order valence-electron chi connectivity index (χ3n) is 3.66. The van der Waals surface area contributed by atoms with Gasteiger partial charge in [0, 0.05) is 5.69 Å². The first kappa shape index (κ1) is 11.1. The number of benzene rings is 2. The molecule has 0 saturated carbocycles. The fourth-order valence-electron chi connectivity index (χ4n) is 2.66. The molecule has 0 amide bonds. The van der Waals surface area contributed by atoms with Crippen molar-refractivity contribution in [2.45, 2.75) is 19.3 Å². The van der Waals surface area contributed by atoms with Crippen LogP contribution in [0.15, 0.2) is 54.6 Å². The van der Waals surface area contributed by atoms with Crippen LogP contribution < -0.4 is 5.73 Å². The van der Waals surface area contributed by atoms with E-state index in [1.165, 1.54) is 22.3 Å². The van der Waals surface area contributed by atoms with E-state index in [1.807, 2.05) is 6.07 Å². The molecule has 1 atom stereocenters. The minimum absolute atomic E-state index is 0.577. The van der Waals surface area contributed by atoms with Gasteiger partial charge in [0.25, 0.3) is 0 Å². The average molecular weight is 235 g/mol. The van der Waals surface area contributed by atoms with E-state index in [4.69, 9.17) is 5.73 Å². The Morgan fingerprint density at radius 1 is 1.06 bits per heavy atom. The standard InChI is InChI=1S/C17H17N/c1-12-7-9-16(13-5-3-2-4-6-13)17-11-14(18)8-10-15(12)17/h2-6,8-12H,7,18H2,1H3/t12-/m1/s1. The molecular weight excluding hydrogens is 218 g/mol. The number of fused-ring (bicyclic) bond motifs is 1. The molecule has 1 nitrogen and oxygen atoms in total. The first-order valence-corrected chi connectivity index (χ1v) is 6.41. The Morgan fingerprint density at radius 2 is 1.83 bits per heavy atom. The summed E-state index contributed by atoms with van der Waals surface area (Å²) in [6.45, 7) is 2.27. The third-order valence-corrected chi connectivity index (χ3v) is 3.66. The summed E-state index contributed by atoms with van der Waals surface area (Å²) in [6, 6.07) is 16.8. The van der Waals surface area contributed by atoms with Crippen molar-refractivity contribution in [2.24, 2.45) is 0 Å². The zero-order valence-corrected chi connectivity index (χ0v) is 10.6. The lowest BCUT2D eigenvalue weighted by atomic mass is 9.81. The van der Waals surface area contributed by atoms with E-state index >= 15 is 0 Å². The number of hydrogen-bond acceptors (Lipinski definition) is 1. The van der Waals surface area contributed by atoms with Crippen molar-refractivity contribution in [3.63, 3.8) is 0 Å². The highest BCUT2D eigenvalue weighted by Crippen LogP contribution is 2.38. The molecule has 2 aromatic carbocycles. The topological polar surface area (TPSA) is 26.0 Å². The summed E-state index contributed by atoms with van der Waals surface area (Å²) in [5.41, 5.74) is 12.1. The number of anilines is 1. The summed E-state index contributed by atoms with van der Waals surface area (Å²) >= 11 is 0. The van der Waals surface area contributed by atoms with Gasteiger partial charge < -0.3 is 5.73 Å². The molecule has 0 saturated heterocycles. The van der Waals surface area contributed by atoms with E-state index < -0.39 is 0 Å². The Kier molecular flexibility index (Phi) is 2.67. The van der Waals surface area contributed by atoms with Gasteiger partial charge >= 0.3 is 0 Å². The SMILES string of the molecule is C[C@@H]1CC=C(c2ccccc2)c2cc(N)ccc21. The van der Waals surface area contributed by atoms with Crippen LogP contribution in [0.4, 0.5) is 5.69 Å². The van der Waals surface area contributed by atoms with Crippen LogP contribution in [0.2, 0.25) is 0 Å². The van der Waals surface area contributed by atoms with Crippen LogP contribution in [0.3, 0.4) is 0 Å². The lowest BCUT2D eigenvalue weighted by Gasteiger charge is -2.23. The molecule has 0 spiro atoms. The fraction of sp³-hybridized carbons (Fsp3) is 0.176. The van der Waals surface area contributed by atoms with Crippen LogP contribution in [0, 0.1) is 0 Å². The minimum atomic E-state index is 0.577. The molecule has 2 N–H and O–H groups in total. The number of nitrogen functional groups attached to an aromatic ring is 1. The maximum absolute atomic E-state index is 5.94. The van der Waals surface area contributed by atoms with E-state index in [0.717, 1.165) is 12.1 Å². The smallest absolute Gasteiger partial charge is 0.0320 e. The zero-order chi connectivity index (χ0) is 12.5. The predicted molar refractivity (Wildman–Crippen MR) is 77.4 cm³/mol. The highest BCUT2D eigenvalue weighted by molar-refractivity contribution is 5.84. The Balaban J connectivity index is 2.17. The summed E-state index contributed by atoms with van der Waals surface area (Å²) in [5, 5.41) is 0. The fourth-order valence-corrected chi connectivity index (χ4v) is 2.66. The molecule has 3 rings (SSSR count). The summed E-state index contributed by atoms with van der Waals surface area (Å²) < 4.78 is 0. The largest absolute Gasteiger partial charge is 0.399 e. The molecule has 1 heteroatoms. The van der Waals surface area contributed by atoms with Crippen molar-refractivity contribution in [3.8, 4) is 0 Å². The Morgan fingerprint density at radius 3 is 2.61 bits per heavy atom. The van der Waals surface area contributed by atoms with E-state index in [-0.39, 0.29) is 0 Å². The second-order valence-electron chi connectivity index (χ2n) is 4.97. The second kappa shape index (κ2) is 4.34. The van der Waals surface area contributed by atoms with Crippen LogP contribution >= 0.6 is 0 Å². The normalized spacial score (nSPS) is 18.1. The summed E-state index contributed by atoms with van der Waals surface area (Å²) in [7, 11) is 0. The van der Waals surface area contributed by atoms with E-state index in [1.54, 1.807) is 0 Å². The van der Waals surface area contributed by atoms with Crippen molar-refractivity contribution in [1.82, 2.24) is 0 Å². The molecule has 1 aliphatic rings. The number of nitrogens with two attached hydrogens (primary N) is 1. The molecule has 18 heavy (non-hydrogen) atoms. The van der Waals surface area contributed by atoms with Gasteiger partial charge in [-0.05, 0) is 46.7 Å². The average Bonchev–Trinajstić information content (AvgIpc) is 2.40. The minimum Gasteiger partial charge on any atom is -0.399 e. The third kappa shape index (κ3) is 1.82. The van der Waals surface area contributed by atoms with Crippen LogP contribution in [-0.2, 0) is 0 Å². The number of hydrogen-bond donors (Lipinski definition) is 1. The molecular formula is C17H17N. The van der Waals surface area contributed by atoms with Gasteiger partial charge in [-0.2, -0.15) is 0 Å². The number of allylic oxidation sites excluding steroid dienone is 1. The molecule has 0 bridgehead atoms. The summed E-state index contributed by atoms with van der Waals surface area (Å²) in [6.07, 6.45) is 3.43. The van der Waals surface area contributed by atoms with E-state index in [9.17, 15) is 0 Å². The predicted octanol–water partition coefficient (Wildman–Crippen LogP) is 4.21. The molecule has 2 aromatic rings. The Hall–Kier alpha value is -2.02. The first-order valence-electron chi connectivity index (χ1n) is 6.41. The maximum Gasteiger partial charge on any atom is 0.0320 e. The molecule has 90 valence electrons. The first-order chi connectivity index (χ1) is 8.75. The highest BCUT2D eigenvalue weighted by atomic mass is 14.5. The van der Waals surface area contributed by atoms with Crippen LogP contribution in [0.5, 0.6) is 0 Å². The van der Waals surface area contributed by atoms with Gasteiger partial charge in [0.15, 0.2) is 0 Å². The van der Waals surface area contributed by atoms with Crippen LogP contribution in [0.25, 0.3) is 5.57 Å². The molecule has 0 aliphatic heterocycles. The molecule has 0 fully saturated rings. The van der Waals surface area contributed by atoms with Crippen molar-refractivity contribution in [1.29, 1.82) is 0 Å². The molecule has 0 aromatic heterocycles. The number of rotatable bonds is 1. The van der Waals surface area contributed by atoms with Crippen molar-refractivity contribution in [3.05, 3.63) is 71.3 Å². The molecule has 1 aliphatic carbocycles. The quantitative estimate of drug-likeness (QED) is 0.736. The Labute approximate surface area is 108 Å². The zero-order valence-electron chi connectivity index (χ0n) is 10.6. The molecule has 0 radical (unpaired) electrons. The van der Waals surface area contributed by atoms with Gasteiger partial charge in [-0.15, -0.1) is 0 Å². The summed E-state index contributed by atoms with van der Waals surface area (Å²) in [4.78, 5) is 0. The van der Waals surface area contributed by atoms with Gasteiger partial charge in [0.05, 0.1) is 0 Å². The van der Waals surface area contributed by atoms with E-state index in [0.29, 0.717) is 5.92 Å². The van der Waals surface area contributed by atoms with E-state index in [2.05, 4.69) is 55.5 Å². The lowest BCUT2D eigenvalue weighted by Crippen LogP contribution is -2.05. The van der Waals surface area contributed by atoms with Crippen molar-refractivity contribution in [2.75, 3.05) is 5.73 Å². The van der Waals surface area contributed by atoms with Crippen LogP contribution in [0.1, 0.15) is 36.0 Å². The summed E-state index contributed by atoms with van der Waals surface area (Å²) in [5.74, 6) is 0.577. The molecule has 0 unspecified atom stereocenters. The van der Waals surface area contributed by atoms with Crippen molar-refractivity contribution >= 4 is 11.3 Å². The van der Waals surface area contributed by atoms with Crippen LogP contribution in [-0.4, -0.2) is 0 Å². The monoisotopic (exact) mass is 235 g/mol. The van der Waals surface area contributed by atoms with Gasteiger partial charge in [0.1, 0.15) is 0 Å². The van der Waals surface area contributed by atoms with Gasteiger partial charge in [-0.25, -0.2) is 0 Å². The lowest BCUT2D eigenvalue weighted by molar-refractivity contribution is 0.768. The molecule has 0 heterocycles. The second-order valence-corrected chi connectivity index (χ2v) is 4.97. The van der Waals surface area contributed by atoms with Gasteiger partial charge in [-0.3, -0.25) is 0 Å². The van der Waals surface area contributed by atoms with Gasteiger partial charge in [-0.1, -0.05) is 49.4 Å². The maximum atomic E-state index is 5.94. The highest BCUT2D eigenvalue weighted by Gasteiger charge is 2.19.